The lowest BCUT2D eigenvalue weighted by Gasteiger charge is -2.62. The number of ether oxygens (including phenoxy) is 6. The summed E-state index contributed by atoms with van der Waals surface area (Å²) in [4.78, 5) is 34.6. The fourth-order valence-corrected chi connectivity index (χ4v) is 11.8. The van der Waals surface area contributed by atoms with E-state index in [1.165, 1.54) is 25.7 Å². The molecule has 61 heavy (non-hydrogen) atoms. The minimum absolute atomic E-state index is 0.0361. The zero-order valence-corrected chi connectivity index (χ0v) is 39.3. The molecule has 4 saturated carbocycles. The lowest BCUT2D eigenvalue weighted by molar-refractivity contribution is -0.174. The Morgan fingerprint density at radius 1 is 0.672 bits per heavy atom. The van der Waals surface area contributed by atoms with Gasteiger partial charge in [0.05, 0.1) is 103 Å². The fourth-order valence-electron chi connectivity index (χ4n) is 11.1. The summed E-state index contributed by atoms with van der Waals surface area (Å²) in [7, 11) is -3.68. The monoisotopic (exact) mass is 891 g/mol. The van der Waals surface area contributed by atoms with E-state index in [0.29, 0.717) is 128 Å². The third-order valence-corrected chi connectivity index (χ3v) is 16.9. The molecule has 0 aliphatic heterocycles. The number of carbonyl (C=O) groups is 2. The normalized spacial score (nSPS) is 31.4. The Morgan fingerprint density at radius 2 is 1.16 bits per heavy atom. The summed E-state index contributed by atoms with van der Waals surface area (Å²) in [5.41, 5.74) is 0.453. The van der Waals surface area contributed by atoms with Gasteiger partial charge in [-0.1, -0.05) is 20.8 Å². The number of aliphatic hydroxyl groups excluding tert-OH is 2. The van der Waals surface area contributed by atoms with Crippen molar-refractivity contribution in [1.82, 2.24) is 10.6 Å². The van der Waals surface area contributed by atoms with E-state index in [-0.39, 0.29) is 54.5 Å². The van der Waals surface area contributed by atoms with Crippen molar-refractivity contribution in [3.05, 3.63) is 0 Å². The van der Waals surface area contributed by atoms with E-state index in [0.717, 1.165) is 32.1 Å². The molecule has 4 fully saturated rings. The van der Waals surface area contributed by atoms with Gasteiger partial charge in [0.15, 0.2) is 0 Å². The number of rotatable bonds is 29. The van der Waals surface area contributed by atoms with Crippen LogP contribution in [0.3, 0.4) is 0 Å². The summed E-state index contributed by atoms with van der Waals surface area (Å²) in [6.45, 7) is 17.5. The molecule has 0 aromatic heterocycles. The van der Waals surface area contributed by atoms with Crippen LogP contribution in [0.1, 0.15) is 112 Å². The van der Waals surface area contributed by atoms with Crippen LogP contribution in [-0.4, -0.2) is 143 Å². The van der Waals surface area contributed by atoms with Crippen molar-refractivity contribution in [2.24, 2.45) is 46.3 Å². The minimum atomic E-state index is -3.68. The van der Waals surface area contributed by atoms with Gasteiger partial charge >= 0.3 is 7.60 Å². The maximum atomic E-state index is 12.7. The third kappa shape index (κ3) is 15.7. The first kappa shape index (κ1) is 52.4. The molecule has 4 aliphatic rings. The molecule has 0 radical (unpaired) electrons. The van der Waals surface area contributed by atoms with Crippen LogP contribution in [0, 0.1) is 46.3 Å². The third-order valence-electron chi connectivity index (χ3n) is 14.7. The second kappa shape index (κ2) is 25.5. The molecule has 15 nitrogen and oxygen atoms in total. The smallest absolute Gasteiger partial charge is 0.333 e. The number of fused-ring (bicyclic) bond motifs is 5. The largest absolute Gasteiger partial charge is 0.393 e. The minimum Gasteiger partial charge on any atom is -0.393 e. The number of carbonyl (C=O) groups excluding carboxylic acids is 2. The summed E-state index contributed by atoms with van der Waals surface area (Å²) in [5, 5.41) is 26.9. The maximum absolute atomic E-state index is 12.7. The summed E-state index contributed by atoms with van der Waals surface area (Å²) in [5.74, 6) is 2.87. The Hall–Kier alpha value is -1.23. The lowest BCUT2D eigenvalue weighted by atomic mass is 9.43. The molecule has 4 rings (SSSR count). The van der Waals surface area contributed by atoms with Crippen LogP contribution >= 0.6 is 7.60 Å². The van der Waals surface area contributed by atoms with Crippen LogP contribution in [0.2, 0.25) is 0 Å². The Bertz CT molecular complexity index is 1350. The van der Waals surface area contributed by atoms with Crippen LogP contribution in [-0.2, 0) is 47.1 Å². The standard InChI is InChI=1S/C45H83N2O13P/c1-33(36-8-9-37-42-38(12-15-45(36,37)6)44(5)14-11-35(48)31-34(44)32-39(42)49)7-10-40(50)46-16-19-55-22-25-57-24-21-54-18-13-41(51)47-17-20-56-23-26-58-27-28-59-29-30-60-61(52,53)43(2,3)4/h33-39,42,48-49H,7-32H2,1-6H3,(H,46,50)(H,47,51)(H,52,53)/t33-,34?,35-,36?,37?,38?,39-,42?,44+,45-/m1/s1. The zero-order valence-electron chi connectivity index (χ0n) is 38.4. The summed E-state index contributed by atoms with van der Waals surface area (Å²) >= 11 is 0. The van der Waals surface area contributed by atoms with Gasteiger partial charge in [0.25, 0.3) is 0 Å². The number of aliphatic hydroxyl groups is 2. The Morgan fingerprint density at radius 3 is 1.74 bits per heavy atom. The van der Waals surface area contributed by atoms with Gasteiger partial charge in [0.2, 0.25) is 11.8 Å². The van der Waals surface area contributed by atoms with E-state index in [2.05, 4.69) is 31.4 Å². The highest BCUT2D eigenvalue weighted by molar-refractivity contribution is 7.54. The quantitative estimate of drug-likeness (QED) is 0.0491. The van der Waals surface area contributed by atoms with Crippen LogP contribution in [0.15, 0.2) is 0 Å². The van der Waals surface area contributed by atoms with Crippen LogP contribution < -0.4 is 10.6 Å². The molecule has 2 amide bonds. The maximum Gasteiger partial charge on any atom is 0.333 e. The molecule has 0 spiro atoms. The average molecular weight is 891 g/mol. The zero-order chi connectivity index (χ0) is 44.5. The first-order valence-corrected chi connectivity index (χ1v) is 24.9. The molecule has 0 saturated heterocycles. The van der Waals surface area contributed by atoms with Crippen molar-refractivity contribution >= 4 is 19.4 Å². The number of hydrogen-bond donors (Lipinski definition) is 5. The van der Waals surface area contributed by atoms with Gasteiger partial charge in [-0.3, -0.25) is 14.2 Å². The van der Waals surface area contributed by atoms with Crippen molar-refractivity contribution in [1.29, 1.82) is 0 Å². The van der Waals surface area contributed by atoms with Gasteiger partial charge in [-0.2, -0.15) is 0 Å². The Kier molecular flexibility index (Phi) is 21.9. The van der Waals surface area contributed by atoms with Crippen molar-refractivity contribution in [2.75, 3.05) is 99.0 Å². The molecule has 5 N–H and O–H groups in total. The number of nitrogens with one attached hydrogen (secondary N) is 2. The van der Waals surface area contributed by atoms with Crippen LogP contribution in [0.25, 0.3) is 0 Å². The molecule has 0 heterocycles. The Balaban J connectivity index is 0.902. The Labute approximate surface area is 366 Å². The van der Waals surface area contributed by atoms with E-state index < -0.39 is 12.8 Å². The first-order valence-electron chi connectivity index (χ1n) is 23.3. The predicted molar refractivity (Wildman–Crippen MR) is 232 cm³/mol. The van der Waals surface area contributed by atoms with E-state index in [1.54, 1.807) is 20.8 Å². The summed E-state index contributed by atoms with van der Waals surface area (Å²) < 4.78 is 49.9. The van der Waals surface area contributed by atoms with Crippen LogP contribution in [0.4, 0.5) is 0 Å². The van der Waals surface area contributed by atoms with E-state index >= 15 is 0 Å². The molecule has 0 aromatic rings. The second-order valence-corrected chi connectivity index (χ2v) is 22.3. The topological polar surface area (TPSA) is 201 Å². The molecule has 356 valence electrons. The highest BCUT2D eigenvalue weighted by Crippen LogP contribution is 2.68. The van der Waals surface area contributed by atoms with Gasteiger partial charge in [-0.15, -0.1) is 0 Å². The van der Waals surface area contributed by atoms with Gasteiger partial charge in [0, 0.05) is 25.9 Å². The van der Waals surface area contributed by atoms with E-state index in [4.69, 9.17) is 32.9 Å². The highest BCUT2D eigenvalue weighted by atomic mass is 31.2. The molecule has 11 atom stereocenters. The van der Waals surface area contributed by atoms with Gasteiger partial charge in [-0.05, 0) is 125 Å². The molecule has 0 aromatic carbocycles. The second-order valence-electron chi connectivity index (χ2n) is 19.6. The van der Waals surface area contributed by atoms with E-state index in [9.17, 15) is 29.3 Å². The highest BCUT2D eigenvalue weighted by Gasteiger charge is 2.62. The molecule has 4 aliphatic carbocycles. The van der Waals surface area contributed by atoms with Crippen molar-refractivity contribution in [3.8, 4) is 0 Å². The van der Waals surface area contributed by atoms with Gasteiger partial charge in [-0.25, -0.2) is 0 Å². The molecule has 6 unspecified atom stereocenters. The molecule has 16 heteroatoms. The van der Waals surface area contributed by atoms with Gasteiger partial charge < -0.3 is 58.7 Å². The predicted octanol–water partition coefficient (Wildman–Crippen LogP) is 5.12. The van der Waals surface area contributed by atoms with Gasteiger partial charge in [0.1, 0.15) is 0 Å². The summed E-state index contributed by atoms with van der Waals surface area (Å²) in [6, 6.07) is 0. The van der Waals surface area contributed by atoms with E-state index in [1.807, 2.05) is 0 Å². The molecular weight excluding hydrogens is 807 g/mol. The number of amides is 2. The lowest BCUT2D eigenvalue weighted by Crippen LogP contribution is -2.58. The van der Waals surface area contributed by atoms with Crippen molar-refractivity contribution < 1.29 is 62.2 Å². The molecular formula is C45H83N2O13P. The first-order chi connectivity index (χ1) is 29.0. The SMILES string of the molecule is C[C@H](CCC(=O)NCCOCCOCCOCCC(=O)NCCOCCOCCOCCOP(=O)(O)C(C)(C)C)C1CCC2C3C(CC[C@@]21C)[C@@]1(C)CC[C@@H](O)CC1C[C@H]3O. The van der Waals surface area contributed by atoms with Crippen molar-refractivity contribution in [2.45, 2.75) is 130 Å². The van der Waals surface area contributed by atoms with Crippen molar-refractivity contribution in [3.63, 3.8) is 0 Å². The fraction of sp³-hybridized carbons (Fsp3) is 0.956. The molecule has 0 bridgehead atoms. The number of hydrogen-bond acceptors (Lipinski definition) is 12. The van der Waals surface area contributed by atoms with Crippen LogP contribution in [0.5, 0.6) is 0 Å². The summed E-state index contributed by atoms with van der Waals surface area (Å²) in [6.07, 6.45) is 9.59. The average Bonchev–Trinajstić information content (AvgIpc) is 3.56.